The molecule has 5 heteroatoms. The van der Waals surface area contributed by atoms with Crippen molar-refractivity contribution in [2.45, 2.75) is 140 Å². The molecular weight excluding hydrogens is 510 g/mol. The van der Waals surface area contributed by atoms with Crippen LogP contribution in [0.2, 0.25) is 0 Å². The summed E-state index contributed by atoms with van der Waals surface area (Å²) in [4.78, 5) is 37.6. The average Bonchev–Trinajstić information content (AvgIpc) is 2.85. The molecule has 0 radical (unpaired) electrons. The molecule has 0 spiro atoms. The highest BCUT2D eigenvalue weighted by Gasteiger charge is 2.61. The van der Waals surface area contributed by atoms with E-state index in [-0.39, 0.29) is 51.1 Å². The zero-order chi connectivity index (χ0) is 31.7. The van der Waals surface area contributed by atoms with Crippen molar-refractivity contribution in [2.75, 3.05) is 0 Å². The molecule has 0 amide bonds. The Morgan fingerprint density at radius 1 is 1.02 bits per heavy atom. The van der Waals surface area contributed by atoms with E-state index in [9.17, 15) is 24.8 Å². The van der Waals surface area contributed by atoms with Gasteiger partial charge in [0.1, 0.15) is 6.07 Å². The molecule has 2 rings (SSSR count). The van der Waals surface area contributed by atoms with E-state index in [1.54, 1.807) is 13.0 Å². The molecule has 0 aromatic rings. The third kappa shape index (κ3) is 7.23. The maximum absolute atomic E-state index is 13.2. The van der Waals surface area contributed by atoms with Crippen LogP contribution in [0.1, 0.15) is 140 Å². The van der Waals surface area contributed by atoms with Gasteiger partial charge in [0.05, 0.1) is 5.57 Å². The van der Waals surface area contributed by atoms with E-state index in [4.69, 9.17) is 0 Å². The molecule has 0 saturated heterocycles. The van der Waals surface area contributed by atoms with Gasteiger partial charge in [0, 0.05) is 17.3 Å². The van der Waals surface area contributed by atoms with Gasteiger partial charge in [0.2, 0.25) is 0 Å². The Labute approximate surface area is 250 Å². The van der Waals surface area contributed by atoms with Crippen LogP contribution >= 0.6 is 0 Å². The summed E-state index contributed by atoms with van der Waals surface area (Å²) in [5.41, 5.74) is -0.489. The molecule has 0 bridgehead atoms. The van der Waals surface area contributed by atoms with Crippen molar-refractivity contribution >= 4 is 17.5 Å². The van der Waals surface area contributed by atoms with Gasteiger partial charge in [-0.2, -0.15) is 5.26 Å². The number of carbonyl (C=O) groups excluding carboxylic acids is 2. The number of carbonyl (C=O) groups is 3. The lowest BCUT2D eigenvalue weighted by molar-refractivity contribution is -0.137. The zero-order valence-electron chi connectivity index (χ0n) is 27.9. The standard InChI is InChI=1S/C36H57NO4/c1-12-15-31(3,4)18-20-34(9,16-14-29(39)40)21-19-32(5,6)36(11)17-13-27-33(7,8)30(41)26(24-37)23-35(27,10)28(36)22-25(2)38/h22-23,27H,12-21H2,1-11H3,(H,39,40)/b28-22-/t27-,34-,35-,36+/m0/s1. The topological polar surface area (TPSA) is 95.2 Å². The number of hydrogen-bond acceptors (Lipinski definition) is 4. The third-order valence-electron chi connectivity index (χ3n) is 11.6. The van der Waals surface area contributed by atoms with Gasteiger partial charge in [0.25, 0.3) is 0 Å². The number of nitrogens with zero attached hydrogens (tertiary/aromatic N) is 1. The van der Waals surface area contributed by atoms with Crippen molar-refractivity contribution in [3.8, 4) is 6.07 Å². The van der Waals surface area contributed by atoms with Crippen molar-refractivity contribution in [1.82, 2.24) is 0 Å². The number of fused-ring (bicyclic) bond motifs is 1. The minimum atomic E-state index is -0.747. The Hall–Kier alpha value is -2.22. The highest BCUT2D eigenvalue weighted by atomic mass is 16.4. The van der Waals surface area contributed by atoms with E-state index in [0.717, 1.165) is 56.9 Å². The molecule has 0 heterocycles. The fraction of sp³-hybridized carbons (Fsp3) is 0.778. The first kappa shape index (κ1) is 35.0. The van der Waals surface area contributed by atoms with E-state index >= 15 is 0 Å². The largest absolute Gasteiger partial charge is 0.481 e. The van der Waals surface area contributed by atoms with Gasteiger partial charge in [-0.15, -0.1) is 0 Å². The van der Waals surface area contributed by atoms with Gasteiger partial charge in [0.15, 0.2) is 11.6 Å². The van der Waals surface area contributed by atoms with Crippen molar-refractivity contribution in [3.05, 3.63) is 23.3 Å². The number of nitriles is 1. The molecule has 230 valence electrons. The average molecular weight is 568 g/mol. The molecular formula is C36H57NO4. The van der Waals surface area contributed by atoms with Crippen molar-refractivity contribution in [3.63, 3.8) is 0 Å². The highest BCUT2D eigenvalue weighted by molar-refractivity contribution is 6.04. The summed E-state index contributed by atoms with van der Waals surface area (Å²) < 4.78 is 0. The second-order valence-corrected chi connectivity index (χ2v) is 16.1. The van der Waals surface area contributed by atoms with Gasteiger partial charge in [-0.05, 0) is 91.9 Å². The summed E-state index contributed by atoms with van der Waals surface area (Å²) >= 11 is 0. The first-order valence-electron chi connectivity index (χ1n) is 15.7. The Morgan fingerprint density at radius 3 is 2.12 bits per heavy atom. The maximum Gasteiger partial charge on any atom is 0.303 e. The second-order valence-electron chi connectivity index (χ2n) is 16.1. The summed E-state index contributed by atoms with van der Waals surface area (Å²) in [6, 6.07) is 2.16. The first-order chi connectivity index (χ1) is 18.6. The molecule has 4 atom stereocenters. The van der Waals surface area contributed by atoms with Gasteiger partial charge in [-0.25, -0.2) is 0 Å². The molecule has 0 aliphatic heterocycles. The van der Waals surface area contributed by atoms with Crippen LogP contribution in [0.3, 0.4) is 0 Å². The molecule has 0 unspecified atom stereocenters. The molecule has 41 heavy (non-hydrogen) atoms. The van der Waals surface area contributed by atoms with Crippen LogP contribution < -0.4 is 0 Å². The zero-order valence-corrected chi connectivity index (χ0v) is 27.9. The molecule has 1 N–H and O–H groups in total. The van der Waals surface area contributed by atoms with Crippen LogP contribution in [0.15, 0.2) is 23.3 Å². The van der Waals surface area contributed by atoms with Gasteiger partial charge in [-0.1, -0.05) is 87.3 Å². The minimum absolute atomic E-state index is 0.00398. The monoisotopic (exact) mass is 567 g/mol. The molecule has 2 aliphatic carbocycles. The number of carboxylic acid groups (broad SMARTS) is 1. The number of Topliss-reactive ketones (excluding diaryl/α,β-unsaturated/α-hetero) is 1. The molecule has 5 nitrogen and oxygen atoms in total. The van der Waals surface area contributed by atoms with Gasteiger partial charge in [-0.3, -0.25) is 14.4 Å². The van der Waals surface area contributed by atoms with Gasteiger partial charge < -0.3 is 5.11 Å². The number of carboxylic acids is 1. The number of hydrogen-bond donors (Lipinski definition) is 1. The summed E-state index contributed by atoms with van der Waals surface area (Å²) in [5.74, 6) is -0.874. The summed E-state index contributed by atoms with van der Waals surface area (Å²) in [7, 11) is 0. The van der Waals surface area contributed by atoms with E-state index in [0.29, 0.717) is 6.42 Å². The normalized spacial score (nSPS) is 28.8. The van der Waals surface area contributed by atoms with Crippen LogP contribution in [-0.4, -0.2) is 22.6 Å². The molecule has 0 aromatic carbocycles. The Morgan fingerprint density at radius 2 is 1.61 bits per heavy atom. The molecule has 0 aromatic heterocycles. The lowest BCUT2D eigenvalue weighted by Gasteiger charge is -2.61. The third-order valence-corrected chi connectivity index (χ3v) is 11.6. The smallest absolute Gasteiger partial charge is 0.303 e. The Bertz CT molecular complexity index is 1130. The molecule has 2 aliphatic rings. The number of rotatable bonds is 13. The van der Waals surface area contributed by atoms with E-state index in [2.05, 4.69) is 61.5 Å². The van der Waals surface area contributed by atoms with Gasteiger partial charge >= 0.3 is 5.97 Å². The fourth-order valence-corrected chi connectivity index (χ4v) is 8.23. The van der Waals surface area contributed by atoms with Crippen molar-refractivity contribution in [1.29, 1.82) is 5.26 Å². The summed E-state index contributed by atoms with van der Waals surface area (Å²) in [5, 5.41) is 19.4. The van der Waals surface area contributed by atoms with Crippen LogP contribution in [0, 0.1) is 49.7 Å². The Kier molecular flexibility index (Phi) is 10.4. The molecule has 1 saturated carbocycles. The fourth-order valence-electron chi connectivity index (χ4n) is 8.23. The van der Waals surface area contributed by atoms with Crippen LogP contribution in [0.5, 0.6) is 0 Å². The quantitative estimate of drug-likeness (QED) is 0.224. The lowest BCUT2D eigenvalue weighted by Crippen LogP contribution is -2.55. The van der Waals surface area contributed by atoms with E-state index < -0.39 is 16.8 Å². The van der Waals surface area contributed by atoms with Crippen molar-refractivity contribution < 1.29 is 19.5 Å². The summed E-state index contributed by atoms with van der Waals surface area (Å²) in [6.45, 7) is 23.6. The van der Waals surface area contributed by atoms with Crippen LogP contribution in [-0.2, 0) is 14.4 Å². The predicted molar refractivity (Wildman–Crippen MR) is 166 cm³/mol. The summed E-state index contributed by atoms with van der Waals surface area (Å²) in [6.07, 6.45) is 12.3. The first-order valence-corrected chi connectivity index (χ1v) is 15.7. The van der Waals surface area contributed by atoms with E-state index in [1.807, 2.05) is 19.9 Å². The SMILES string of the molecule is CCCC(C)(C)CC[C@](C)(CCC(=O)O)CCC(C)(C)[C@]1(C)CC[C@H]2C(C)(C)C(=O)C(C#N)=C[C@]2(C)/C1=C/C(C)=O. The van der Waals surface area contributed by atoms with E-state index in [1.165, 1.54) is 0 Å². The minimum Gasteiger partial charge on any atom is -0.481 e. The van der Waals surface area contributed by atoms with Crippen LogP contribution in [0.4, 0.5) is 0 Å². The van der Waals surface area contributed by atoms with Crippen LogP contribution in [0.25, 0.3) is 0 Å². The number of ketones is 2. The Balaban J connectivity index is 2.52. The van der Waals surface area contributed by atoms with Crippen molar-refractivity contribution in [2.24, 2.45) is 38.4 Å². The lowest BCUT2D eigenvalue weighted by atomic mass is 9.42. The number of allylic oxidation sites excluding steroid dienone is 4. The maximum atomic E-state index is 13.2. The predicted octanol–water partition coefficient (Wildman–Crippen LogP) is 9.27. The second kappa shape index (κ2) is 12.2. The molecule has 1 fully saturated rings. The highest BCUT2D eigenvalue weighted by Crippen LogP contribution is 2.67. The number of aliphatic carboxylic acids is 1.